The van der Waals surface area contributed by atoms with Crippen LogP contribution in [0.5, 0.6) is 0 Å². The van der Waals surface area contributed by atoms with Crippen molar-refractivity contribution < 1.29 is 22.7 Å². The maximum absolute atomic E-state index is 13.5. The molecule has 0 fully saturated rings. The normalized spacial score (nSPS) is 16.5. The summed E-state index contributed by atoms with van der Waals surface area (Å²) >= 11 is 6.08. The lowest BCUT2D eigenvalue weighted by atomic mass is 10.2. The van der Waals surface area contributed by atoms with Crippen molar-refractivity contribution in [2.45, 2.75) is 31.9 Å². The van der Waals surface area contributed by atoms with Gasteiger partial charge in [0.1, 0.15) is 0 Å². The Kier molecular flexibility index (Phi) is 4.88. The predicted molar refractivity (Wildman–Crippen MR) is 101 cm³/mol. The summed E-state index contributed by atoms with van der Waals surface area (Å²) in [5, 5.41) is 2.99. The summed E-state index contributed by atoms with van der Waals surface area (Å²) in [7, 11) is -4.24. The van der Waals surface area contributed by atoms with Gasteiger partial charge in [-0.05, 0) is 49.2 Å². The van der Waals surface area contributed by atoms with Crippen LogP contribution in [0.1, 0.15) is 18.1 Å². The molecule has 2 aromatic rings. The number of rotatable bonds is 3. The number of halogens is 1. The van der Waals surface area contributed by atoms with Gasteiger partial charge in [0.05, 0.1) is 16.3 Å². The maximum Gasteiger partial charge on any atom is 0.305 e. The Balaban J connectivity index is 2.25. The number of sulfonamides is 1. The number of fused-ring (bicyclic) bond motifs is 1. The highest BCUT2D eigenvalue weighted by Gasteiger charge is 2.43. The van der Waals surface area contributed by atoms with Crippen molar-refractivity contribution in [3.63, 3.8) is 0 Å². The molecular weight excluding hydrogens is 392 g/mol. The molecule has 9 heteroatoms. The molecule has 1 atom stereocenters. The second-order valence-electron chi connectivity index (χ2n) is 6.14. The van der Waals surface area contributed by atoms with E-state index in [1.54, 1.807) is 38.1 Å². The topological polar surface area (TPSA) is 92.8 Å². The molecule has 0 spiro atoms. The fraction of sp³-hybridized carbons (Fsp3) is 0.222. The van der Waals surface area contributed by atoms with Gasteiger partial charge in [-0.1, -0.05) is 23.7 Å². The van der Waals surface area contributed by atoms with E-state index >= 15 is 0 Å². The molecule has 3 rings (SSSR count). The summed E-state index contributed by atoms with van der Waals surface area (Å²) in [5.74, 6) is -1.53. The fourth-order valence-corrected chi connectivity index (χ4v) is 4.88. The van der Waals surface area contributed by atoms with Crippen molar-refractivity contribution in [1.29, 1.82) is 0 Å². The smallest absolute Gasteiger partial charge is 0.305 e. The third kappa shape index (κ3) is 3.38. The van der Waals surface area contributed by atoms with Crippen LogP contribution in [0.2, 0.25) is 5.02 Å². The molecule has 0 saturated carbocycles. The van der Waals surface area contributed by atoms with E-state index in [1.807, 2.05) is 0 Å². The lowest BCUT2D eigenvalue weighted by Crippen LogP contribution is -2.53. The van der Waals surface area contributed by atoms with Crippen molar-refractivity contribution in [2.24, 2.45) is 0 Å². The minimum absolute atomic E-state index is 0.0222. The van der Waals surface area contributed by atoms with Crippen LogP contribution in [0.4, 0.5) is 11.4 Å². The van der Waals surface area contributed by atoms with Gasteiger partial charge in [-0.25, -0.2) is 12.7 Å². The van der Waals surface area contributed by atoms with Gasteiger partial charge in [-0.3, -0.25) is 9.59 Å². The molecule has 1 N–H and O–H groups in total. The molecule has 1 aliphatic rings. The quantitative estimate of drug-likeness (QED) is 0.788. The third-order valence-electron chi connectivity index (χ3n) is 4.11. The van der Waals surface area contributed by atoms with Crippen molar-refractivity contribution in [1.82, 2.24) is 0 Å². The second-order valence-corrected chi connectivity index (χ2v) is 8.33. The Bertz CT molecular complexity index is 1050. The summed E-state index contributed by atoms with van der Waals surface area (Å²) < 4.78 is 32.8. The molecule has 142 valence electrons. The van der Waals surface area contributed by atoms with Crippen molar-refractivity contribution in [2.75, 3.05) is 9.62 Å². The van der Waals surface area contributed by atoms with Crippen LogP contribution in [0.25, 0.3) is 0 Å². The number of benzene rings is 2. The lowest BCUT2D eigenvalue weighted by molar-refractivity contribution is -0.151. The van der Waals surface area contributed by atoms with Gasteiger partial charge >= 0.3 is 5.97 Å². The molecule has 2 aromatic carbocycles. The zero-order valence-corrected chi connectivity index (χ0v) is 16.4. The number of hydrogen-bond donors (Lipinski definition) is 1. The Morgan fingerprint density at radius 1 is 1.19 bits per heavy atom. The first-order chi connectivity index (χ1) is 12.6. The Labute approximate surface area is 161 Å². The summed E-state index contributed by atoms with van der Waals surface area (Å²) in [6.45, 7) is 4.40. The average Bonchev–Trinajstić information content (AvgIpc) is 2.58. The van der Waals surface area contributed by atoms with E-state index in [0.29, 0.717) is 21.8 Å². The number of aryl methyl sites for hydroxylation is 2. The largest absolute Gasteiger partial charge is 0.431 e. The number of carbonyl (C=O) groups excluding carboxylic acids is 2. The number of para-hydroxylation sites is 2. The molecule has 27 heavy (non-hydrogen) atoms. The van der Waals surface area contributed by atoms with Crippen LogP contribution in [0.15, 0.2) is 41.3 Å². The van der Waals surface area contributed by atoms with Crippen LogP contribution in [0, 0.1) is 13.8 Å². The summed E-state index contributed by atoms with van der Waals surface area (Å²) in [6.07, 6.45) is -1.65. The highest BCUT2D eigenvalue weighted by Crippen LogP contribution is 2.38. The molecular formula is C18H17ClN2O5S. The Morgan fingerprint density at radius 2 is 1.85 bits per heavy atom. The van der Waals surface area contributed by atoms with Crippen LogP contribution in [-0.4, -0.2) is 26.5 Å². The van der Waals surface area contributed by atoms with Gasteiger partial charge in [0.15, 0.2) is 0 Å². The molecule has 0 unspecified atom stereocenters. The Hall–Kier alpha value is -2.58. The van der Waals surface area contributed by atoms with E-state index in [1.165, 1.54) is 12.1 Å². The zero-order valence-electron chi connectivity index (χ0n) is 14.8. The molecule has 7 nitrogen and oxygen atoms in total. The first-order valence-corrected chi connectivity index (χ1v) is 9.83. The van der Waals surface area contributed by atoms with Crippen LogP contribution >= 0.6 is 11.6 Å². The number of nitrogens with one attached hydrogen (secondary N) is 1. The van der Waals surface area contributed by atoms with Crippen LogP contribution in [0.3, 0.4) is 0 Å². The monoisotopic (exact) mass is 408 g/mol. The minimum Gasteiger partial charge on any atom is -0.431 e. The van der Waals surface area contributed by atoms with Gasteiger partial charge in [-0.15, -0.1) is 0 Å². The van der Waals surface area contributed by atoms with E-state index in [0.717, 1.165) is 11.2 Å². The zero-order chi connectivity index (χ0) is 19.9. The molecule has 1 aliphatic heterocycles. The molecule has 0 aliphatic carbocycles. The summed E-state index contributed by atoms with van der Waals surface area (Å²) in [4.78, 5) is 24.0. The van der Waals surface area contributed by atoms with Gasteiger partial charge < -0.3 is 10.1 Å². The summed E-state index contributed by atoms with van der Waals surface area (Å²) in [5.41, 5.74) is 1.49. The molecule has 0 aromatic heterocycles. The van der Waals surface area contributed by atoms with Gasteiger partial charge in [0.2, 0.25) is 0 Å². The molecule has 0 bridgehead atoms. The number of anilines is 2. The highest BCUT2D eigenvalue weighted by molar-refractivity contribution is 7.93. The number of nitrogens with zero attached hydrogens (tertiary/aromatic N) is 1. The number of amides is 1. The van der Waals surface area contributed by atoms with E-state index in [4.69, 9.17) is 16.3 Å². The van der Waals surface area contributed by atoms with E-state index < -0.39 is 28.1 Å². The molecule has 1 amide bonds. The molecule has 0 saturated heterocycles. The van der Waals surface area contributed by atoms with Gasteiger partial charge in [0.25, 0.3) is 22.2 Å². The van der Waals surface area contributed by atoms with Crippen molar-refractivity contribution in [3.8, 4) is 0 Å². The van der Waals surface area contributed by atoms with Crippen molar-refractivity contribution >= 4 is 44.9 Å². The maximum atomic E-state index is 13.5. The number of carbonyl (C=O) groups is 2. The van der Waals surface area contributed by atoms with E-state index in [-0.39, 0.29) is 10.6 Å². The van der Waals surface area contributed by atoms with E-state index in [2.05, 4.69) is 5.32 Å². The Morgan fingerprint density at radius 3 is 2.52 bits per heavy atom. The van der Waals surface area contributed by atoms with E-state index in [9.17, 15) is 18.0 Å². The first-order valence-electron chi connectivity index (χ1n) is 8.01. The second kappa shape index (κ2) is 6.86. The average molecular weight is 409 g/mol. The number of ether oxygens (including phenoxy) is 1. The lowest BCUT2D eigenvalue weighted by Gasteiger charge is -2.36. The SMILES string of the molecule is CC(=O)O[C@@H]1C(=O)Nc2ccccc2N1S(=O)(=O)c1cc(C)c(Cl)cc1C. The summed E-state index contributed by atoms with van der Waals surface area (Å²) in [6, 6.07) is 9.37. The molecule has 1 heterocycles. The number of esters is 1. The minimum atomic E-state index is -4.24. The predicted octanol–water partition coefficient (Wildman–Crippen LogP) is 2.99. The number of hydrogen-bond acceptors (Lipinski definition) is 5. The first kappa shape index (κ1) is 19.2. The third-order valence-corrected chi connectivity index (χ3v) is 6.42. The van der Waals surface area contributed by atoms with Gasteiger partial charge in [0, 0.05) is 11.9 Å². The highest BCUT2D eigenvalue weighted by atomic mass is 35.5. The molecule has 0 radical (unpaired) electrons. The van der Waals surface area contributed by atoms with Crippen LogP contribution in [-0.2, 0) is 24.3 Å². The standard InChI is InChI=1S/C18H17ClN2O5S/c1-10-9-16(11(2)8-13(10)19)27(24,25)21-15-7-5-4-6-14(15)20-17(23)18(21)26-12(3)22/h4-9,18H,1-3H3,(H,20,23)/t18-/m1/s1. The van der Waals surface area contributed by atoms with Gasteiger partial charge in [-0.2, -0.15) is 0 Å². The van der Waals surface area contributed by atoms with Crippen molar-refractivity contribution in [3.05, 3.63) is 52.5 Å². The fourth-order valence-electron chi connectivity index (χ4n) is 2.85. The van der Waals surface area contributed by atoms with Crippen LogP contribution < -0.4 is 9.62 Å².